The number of hydrogen-bond donors (Lipinski definition) is 3. The summed E-state index contributed by atoms with van der Waals surface area (Å²) in [5.74, 6) is -0.420. The van der Waals surface area contributed by atoms with E-state index in [1.807, 2.05) is 0 Å². The number of nitrogen functional groups attached to an aromatic ring is 1. The highest BCUT2D eigenvalue weighted by Gasteiger charge is 2.32. The van der Waals surface area contributed by atoms with Gasteiger partial charge in [-0.15, -0.1) is 0 Å². The van der Waals surface area contributed by atoms with Crippen LogP contribution >= 0.6 is 0 Å². The fraction of sp³-hybridized carbons (Fsp3) is 0.533. The Bertz CT molecular complexity index is 482. The van der Waals surface area contributed by atoms with Gasteiger partial charge < -0.3 is 16.8 Å². The third-order valence-electron chi connectivity index (χ3n) is 4.15. The summed E-state index contributed by atoms with van der Waals surface area (Å²) in [6.45, 7) is 4.53. The number of hydrogen-bond acceptors (Lipinski definition) is 3. The van der Waals surface area contributed by atoms with Crippen molar-refractivity contribution >= 4 is 17.3 Å². The van der Waals surface area contributed by atoms with Crippen LogP contribution < -0.4 is 16.8 Å². The van der Waals surface area contributed by atoms with Crippen LogP contribution in [0.4, 0.5) is 11.4 Å². The first-order chi connectivity index (χ1) is 8.90. The molecule has 0 bridgehead atoms. The summed E-state index contributed by atoms with van der Waals surface area (Å²) in [6, 6.07) is 5.54. The quantitative estimate of drug-likeness (QED) is 0.732. The summed E-state index contributed by atoms with van der Waals surface area (Å²) < 4.78 is 0. The maximum atomic E-state index is 11.5. The molecule has 1 aromatic carbocycles. The van der Waals surface area contributed by atoms with E-state index in [1.165, 1.54) is 19.3 Å². The van der Waals surface area contributed by atoms with E-state index in [-0.39, 0.29) is 5.41 Å². The van der Waals surface area contributed by atoms with E-state index in [0.29, 0.717) is 17.3 Å². The van der Waals surface area contributed by atoms with Crippen molar-refractivity contribution in [3.8, 4) is 0 Å². The van der Waals surface area contributed by atoms with Crippen LogP contribution in [-0.2, 0) is 0 Å². The van der Waals surface area contributed by atoms with E-state index in [2.05, 4.69) is 19.2 Å². The van der Waals surface area contributed by atoms with Crippen molar-refractivity contribution in [3.05, 3.63) is 23.8 Å². The van der Waals surface area contributed by atoms with Crippen molar-refractivity contribution in [2.75, 3.05) is 11.1 Å². The Morgan fingerprint density at radius 1 is 1.37 bits per heavy atom. The van der Waals surface area contributed by atoms with Crippen LogP contribution in [0, 0.1) is 5.41 Å². The van der Waals surface area contributed by atoms with Crippen molar-refractivity contribution in [3.63, 3.8) is 0 Å². The highest BCUT2D eigenvalue weighted by atomic mass is 16.1. The molecule has 1 saturated carbocycles. The number of amides is 1. The summed E-state index contributed by atoms with van der Waals surface area (Å²) in [6.07, 6.45) is 4.79. The molecule has 1 unspecified atom stereocenters. The molecule has 0 radical (unpaired) electrons. The van der Waals surface area contributed by atoms with Crippen molar-refractivity contribution in [2.24, 2.45) is 11.1 Å². The second kappa shape index (κ2) is 5.11. The first-order valence-corrected chi connectivity index (χ1v) is 6.86. The van der Waals surface area contributed by atoms with Crippen molar-refractivity contribution in [1.82, 2.24) is 0 Å². The van der Waals surface area contributed by atoms with Gasteiger partial charge in [-0.05, 0) is 36.5 Å². The fourth-order valence-corrected chi connectivity index (χ4v) is 2.85. The molecule has 1 fully saturated rings. The normalized spacial score (nSPS) is 21.9. The number of nitrogens with one attached hydrogen (secondary N) is 1. The Balaban J connectivity index is 2.27. The molecular weight excluding hydrogens is 238 g/mol. The van der Waals surface area contributed by atoms with Crippen molar-refractivity contribution in [2.45, 2.75) is 45.6 Å². The lowest BCUT2D eigenvalue weighted by Gasteiger charge is -2.40. The van der Waals surface area contributed by atoms with Gasteiger partial charge in [0.25, 0.3) is 5.91 Å². The largest absolute Gasteiger partial charge is 0.399 e. The Labute approximate surface area is 114 Å². The lowest BCUT2D eigenvalue weighted by atomic mass is 9.73. The van der Waals surface area contributed by atoms with Crippen LogP contribution in [0.25, 0.3) is 0 Å². The van der Waals surface area contributed by atoms with Crippen molar-refractivity contribution < 1.29 is 4.79 Å². The van der Waals surface area contributed by atoms with Gasteiger partial charge in [0.15, 0.2) is 0 Å². The third kappa shape index (κ3) is 3.00. The zero-order chi connectivity index (χ0) is 14.0. The van der Waals surface area contributed by atoms with Gasteiger partial charge in [0, 0.05) is 17.4 Å². The van der Waals surface area contributed by atoms with Gasteiger partial charge in [-0.3, -0.25) is 4.79 Å². The Kier molecular flexibility index (Phi) is 3.69. The SMILES string of the molecule is CC1(C)CCCCC1Nc1cc(N)ccc1C(N)=O. The molecule has 0 aliphatic heterocycles. The Morgan fingerprint density at radius 2 is 2.11 bits per heavy atom. The minimum atomic E-state index is -0.420. The summed E-state index contributed by atoms with van der Waals surface area (Å²) in [5.41, 5.74) is 13.4. The molecule has 0 aromatic heterocycles. The first kappa shape index (κ1) is 13.7. The fourth-order valence-electron chi connectivity index (χ4n) is 2.85. The maximum Gasteiger partial charge on any atom is 0.250 e. The first-order valence-electron chi connectivity index (χ1n) is 6.86. The lowest BCUT2D eigenvalue weighted by Crippen LogP contribution is -2.39. The predicted molar refractivity (Wildman–Crippen MR) is 79.0 cm³/mol. The van der Waals surface area contributed by atoms with Crippen LogP contribution in [0.5, 0.6) is 0 Å². The Morgan fingerprint density at radius 3 is 2.74 bits per heavy atom. The van der Waals surface area contributed by atoms with E-state index in [1.54, 1.807) is 18.2 Å². The lowest BCUT2D eigenvalue weighted by molar-refractivity contribution is 0.100. The summed E-state index contributed by atoms with van der Waals surface area (Å²) >= 11 is 0. The number of carbonyl (C=O) groups is 1. The molecule has 4 nitrogen and oxygen atoms in total. The van der Waals surface area contributed by atoms with Crippen LogP contribution in [0.1, 0.15) is 49.9 Å². The number of benzene rings is 1. The van der Waals surface area contributed by atoms with E-state index < -0.39 is 5.91 Å². The summed E-state index contributed by atoms with van der Waals surface area (Å²) in [4.78, 5) is 11.5. The second-order valence-electron chi connectivity index (χ2n) is 6.10. The average Bonchev–Trinajstić information content (AvgIpc) is 2.31. The molecule has 1 amide bonds. The Hall–Kier alpha value is -1.71. The van der Waals surface area contributed by atoms with Gasteiger partial charge >= 0.3 is 0 Å². The van der Waals surface area contributed by atoms with Gasteiger partial charge in [-0.25, -0.2) is 0 Å². The van der Waals surface area contributed by atoms with Crippen molar-refractivity contribution in [1.29, 1.82) is 0 Å². The molecule has 1 atom stereocenters. The van der Waals surface area contributed by atoms with Gasteiger partial charge in [0.05, 0.1) is 5.56 Å². The standard InChI is InChI=1S/C15H23N3O/c1-15(2)8-4-3-5-13(15)18-12-9-10(16)6-7-11(12)14(17)19/h6-7,9,13,18H,3-5,8,16H2,1-2H3,(H2,17,19). The molecule has 0 saturated heterocycles. The highest BCUT2D eigenvalue weighted by Crippen LogP contribution is 2.37. The van der Waals surface area contributed by atoms with Gasteiger partial charge in [-0.1, -0.05) is 26.7 Å². The minimum absolute atomic E-state index is 0.220. The van der Waals surface area contributed by atoms with Gasteiger partial charge in [0.2, 0.25) is 0 Å². The molecule has 1 aromatic rings. The number of anilines is 2. The molecule has 104 valence electrons. The van der Waals surface area contributed by atoms with Crippen LogP contribution in [0.2, 0.25) is 0 Å². The zero-order valence-electron chi connectivity index (χ0n) is 11.7. The average molecular weight is 261 g/mol. The van der Waals surface area contributed by atoms with Gasteiger partial charge in [0.1, 0.15) is 0 Å². The smallest absolute Gasteiger partial charge is 0.250 e. The number of nitrogens with two attached hydrogens (primary N) is 2. The highest BCUT2D eigenvalue weighted by molar-refractivity contribution is 5.99. The summed E-state index contributed by atoms with van der Waals surface area (Å²) in [7, 11) is 0. The molecule has 1 aliphatic rings. The molecule has 19 heavy (non-hydrogen) atoms. The molecule has 2 rings (SSSR count). The molecular formula is C15H23N3O. The zero-order valence-corrected chi connectivity index (χ0v) is 11.7. The molecule has 0 heterocycles. The number of primary amides is 1. The van der Waals surface area contributed by atoms with E-state index in [4.69, 9.17) is 11.5 Å². The predicted octanol–water partition coefficient (Wildman–Crippen LogP) is 2.75. The van der Waals surface area contributed by atoms with Gasteiger partial charge in [-0.2, -0.15) is 0 Å². The molecule has 1 aliphatic carbocycles. The second-order valence-corrected chi connectivity index (χ2v) is 6.10. The van der Waals surface area contributed by atoms with Crippen LogP contribution in [-0.4, -0.2) is 11.9 Å². The number of carbonyl (C=O) groups excluding carboxylic acids is 1. The number of rotatable bonds is 3. The maximum absolute atomic E-state index is 11.5. The van der Waals surface area contributed by atoms with E-state index in [9.17, 15) is 4.79 Å². The minimum Gasteiger partial charge on any atom is -0.399 e. The monoisotopic (exact) mass is 261 g/mol. The third-order valence-corrected chi connectivity index (χ3v) is 4.15. The molecule has 5 N–H and O–H groups in total. The van der Waals surface area contributed by atoms with E-state index in [0.717, 1.165) is 12.1 Å². The molecule has 0 spiro atoms. The summed E-state index contributed by atoms with van der Waals surface area (Å²) in [5, 5.41) is 3.48. The topological polar surface area (TPSA) is 81.1 Å². The van der Waals surface area contributed by atoms with Crippen LogP contribution in [0.3, 0.4) is 0 Å². The van der Waals surface area contributed by atoms with E-state index >= 15 is 0 Å². The van der Waals surface area contributed by atoms with Crippen LogP contribution in [0.15, 0.2) is 18.2 Å². The molecule has 4 heteroatoms.